The molecule has 1 saturated heterocycles. The van der Waals surface area contributed by atoms with E-state index in [-0.39, 0.29) is 19.0 Å². The Bertz CT molecular complexity index is 493. The van der Waals surface area contributed by atoms with Gasteiger partial charge in [-0.25, -0.2) is 9.78 Å². The third kappa shape index (κ3) is 3.19. The van der Waals surface area contributed by atoms with E-state index in [1.807, 2.05) is 0 Å². The van der Waals surface area contributed by atoms with E-state index in [0.717, 1.165) is 6.07 Å². The van der Waals surface area contributed by atoms with Crippen molar-refractivity contribution in [2.24, 2.45) is 0 Å². The number of halogens is 3. The number of methoxy groups -OCH3 is 1. The van der Waals surface area contributed by atoms with Gasteiger partial charge in [-0.05, 0) is 12.1 Å². The van der Waals surface area contributed by atoms with E-state index in [9.17, 15) is 18.0 Å². The Morgan fingerprint density at radius 3 is 2.90 bits per heavy atom. The molecule has 8 heteroatoms. The summed E-state index contributed by atoms with van der Waals surface area (Å²) in [4.78, 5) is 16.5. The minimum absolute atomic E-state index is 0.112. The monoisotopic (exact) mass is 290 g/mol. The van der Waals surface area contributed by atoms with Gasteiger partial charge >= 0.3 is 12.1 Å². The molecule has 2 rings (SSSR count). The van der Waals surface area contributed by atoms with Crippen LogP contribution in [0, 0.1) is 0 Å². The summed E-state index contributed by atoms with van der Waals surface area (Å²) in [5.41, 5.74) is -0.962. The van der Waals surface area contributed by atoms with Gasteiger partial charge in [-0.1, -0.05) is 6.07 Å². The lowest BCUT2D eigenvalue weighted by Gasteiger charge is -2.32. The first-order valence-electron chi connectivity index (χ1n) is 5.90. The molecule has 20 heavy (non-hydrogen) atoms. The maximum Gasteiger partial charge on any atom is 0.433 e. The van der Waals surface area contributed by atoms with Gasteiger partial charge in [-0.15, -0.1) is 0 Å². The zero-order valence-corrected chi connectivity index (χ0v) is 10.7. The summed E-state index contributed by atoms with van der Waals surface area (Å²) >= 11 is 0. The number of ether oxygens (including phenoxy) is 2. The molecular weight excluding hydrogens is 277 g/mol. The molecule has 1 fully saturated rings. The maximum atomic E-state index is 12.6. The Kier molecular flexibility index (Phi) is 4.12. The second kappa shape index (κ2) is 5.66. The van der Waals surface area contributed by atoms with Gasteiger partial charge in [0.2, 0.25) is 0 Å². The number of esters is 1. The SMILES string of the molecule is COC(=O)C1CN(c2cccc(C(F)(F)F)n2)CCO1. The number of rotatable bonds is 2. The number of alkyl halides is 3. The van der Waals surface area contributed by atoms with Crippen LogP contribution in [0.1, 0.15) is 5.69 Å². The Balaban J connectivity index is 2.17. The number of carbonyl (C=O) groups excluding carboxylic acids is 1. The molecular formula is C12H13F3N2O3. The summed E-state index contributed by atoms with van der Waals surface area (Å²) in [5.74, 6) is -0.390. The zero-order chi connectivity index (χ0) is 14.8. The molecule has 0 radical (unpaired) electrons. The Morgan fingerprint density at radius 1 is 1.50 bits per heavy atom. The fourth-order valence-corrected chi connectivity index (χ4v) is 1.89. The highest BCUT2D eigenvalue weighted by atomic mass is 19.4. The number of aromatic nitrogens is 1. The average Bonchev–Trinajstić information content (AvgIpc) is 2.46. The lowest BCUT2D eigenvalue weighted by atomic mass is 10.2. The highest BCUT2D eigenvalue weighted by Gasteiger charge is 2.34. The molecule has 1 aliphatic rings. The first kappa shape index (κ1) is 14.6. The van der Waals surface area contributed by atoms with E-state index in [2.05, 4.69) is 9.72 Å². The van der Waals surface area contributed by atoms with Gasteiger partial charge in [0.25, 0.3) is 0 Å². The van der Waals surface area contributed by atoms with Crippen molar-refractivity contribution in [2.45, 2.75) is 12.3 Å². The number of nitrogens with zero attached hydrogens (tertiary/aromatic N) is 2. The zero-order valence-electron chi connectivity index (χ0n) is 10.7. The number of morpholine rings is 1. The van der Waals surface area contributed by atoms with E-state index in [0.29, 0.717) is 6.54 Å². The third-order valence-corrected chi connectivity index (χ3v) is 2.88. The van der Waals surface area contributed by atoms with Crippen molar-refractivity contribution in [3.63, 3.8) is 0 Å². The molecule has 0 N–H and O–H groups in total. The van der Waals surface area contributed by atoms with Crippen molar-refractivity contribution in [3.8, 4) is 0 Å². The van der Waals surface area contributed by atoms with Gasteiger partial charge in [0.1, 0.15) is 11.5 Å². The summed E-state index contributed by atoms with van der Waals surface area (Å²) in [5, 5.41) is 0. The topological polar surface area (TPSA) is 51.7 Å². The number of hydrogen-bond donors (Lipinski definition) is 0. The molecule has 1 atom stereocenters. The molecule has 0 bridgehead atoms. The maximum absolute atomic E-state index is 12.6. The van der Waals surface area contributed by atoms with Gasteiger partial charge in [-0.2, -0.15) is 13.2 Å². The summed E-state index contributed by atoms with van der Waals surface area (Å²) < 4.78 is 47.6. The van der Waals surface area contributed by atoms with Crippen LogP contribution in [0.4, 0.5) is 19.0 Å². The number of pyridine rings is 1. The average molecular weight is 290 g/mol. The molecule has 2 heterocycles. The van der Waals surface area contributed by atoms with Crippen LogP contribution < -0.4 is 4.90 Å². The molecule has 1 aliphatic heterocycles. The third-order valence-electron chi connectivity index (χ3n) is 2.88. The fourth-order valence-electron chi connectivity index (χ4n) is 1.89. The van der Waals surface area contributed by atoms with E-state index < -0.39 is 23.9 Å². The second-order valence-corrected chi connectivity index (χ2v) is 4.21. The van der Waals surface area contributed by atoms with E-state index in [1.165, 1.54) is 19.2 Å². The first-order chi connectivity index (χ1) is 9.41. The van der Waals surface area contributed by atoms with Crippen LogP contribution in [-0.4, -0.2) is 43.9 Å². The van der Waals surface area contributed by atoms with Gasteiger partial charge in [0.05, 0.1) is 20.3 Å². The number of hydrogen-bond acceptors (Lipinski definition) is 5. The van der Waals surface area contributed by atoms with Crippen molar-refractivity contribution >= 4 is 11.8 Å². The molecule has 0 amide bonds. The largest absolute Gasteiger partial charge is 0.467 e. The normalized spacial score (nSPS) is 19.8. The summed E-state index contributed by atoms with van der Waals surface area (Å²) in [6, 6.07) is 3.66. The van der Waals surface area contributed by atoms with Crippen LogP contribution in [0.3, 0.4) is 0 Å². The molecule has 1 aromatic rings. The predicted molar refractivity (Wildman–Crippen MR) is 63.2 cm³/mol. The molecule has 0 spiro atoms. The van der Waals surface area contributed by atoms with Crippen molar-refractivity contribution < 1.29 is 27.4 Å². The lowest BCUT2D eigenvalue weighted by molar-refractivity contribution is -0.154. The van der Waals surface area contributed by atoms with Crippen molar-refractivity contribution in [2.75, 3.05) is 31.7 Å². The minimum Gasteiger partial charge on any atom is -0.467 e. The van der Waals surface area contributed by atoms with Gasteiger partial charge in [0.15, 0.2) is 6.10 Å². The molecule has 0 aromatic carbocycles. The number of anilines is 1. The minimum atomic E-state index is -4.50. The summed E-state index contributed by atoms with van der Waals surface area (Å²) in [6.45, 7) is 0.695. The molecule has 5 nitrogen and oxygen atoms in total. The van der Waals surface area contributed by atoms with Gasteiger partial charge in [0, 0.05) is 6.54 Å². The molecule has 1 aromatic heterocycles. The van der Waals surface area contributed by atoms with E-state index >= 15 is 0 Å². The smallest absolute Gasteiger partial charge is 0.433 e. The Hall–Kier alpha value is -1.83. The van der Waals surface area contributed by atoms with E-state index in [1.54, 1.807) is 4.90 Å². The Morgan fingerprint density at radius 2 is 2.25 bits per heavy atom. The van der Waals surface area contributed by atoms with Crippen LogP contribution >= 0.6 is 0 Å². The fraction of sp³-hybridized carbons (Fsp3) is 0.500. The second-order valence-electron chi connectivity index (χ2n) is 4.21. The molecule has 0 saturated carbocycles. The highest BCUT2D eigenvalue weighted by molar-refractivity contribution is 5.75. The molecule has 110 valence electrons. The van der Waals surface area contributed by atoms with Crippen molar-refractivity contribution in [3.05, 3.63) is 23.9 Å². The molecule has 0 aliphatic carbocycles. The van der Waals surface area contributed by atoms with Gasteiger partial charge in [-0.3, -0.25) is 0 Å². The summed E-state index contributed by atoms with van der Waals surface area (Å²) in [6.07, 6.45) is -5.31. The Labute approximate surface area is 113 Å². The quantitative estimate of drug-likeness (QED) is 0.772. The standard InChI is InChI=1S/C12H13F3N2O3/c1-19-11(18)8-7-17(5-6-20-8)10-4-2-3-9(16-10)12(13,14)15/h2-4,8H,5-7H2,1H3. The first-order valence-corrected chi connectivity index (χ1v) is 5.90. The summed E-state index contributed by atoms with van der Waals surface area (Å²) in [7, 11) is 1.23. The van der Waals surface area contributed by atoms with Crippen LogP contribution in [0.2, 0.25) is 0 Å². The lowest BCUT2D eigenvalue weighted by Crippen LogP contribution is -2.47. The van der Waals surface area contributed by atoms with Crippen LogP contribution in [0.25, 0.3) is 0 Å². The highest BCUT2D eigenvalue weighted by Crippen LogP contribution is 2.29. The van der Waals surface area contributed by atoms with Gasteiger partial charge < -0.3 is 14.4 Å². The van der Waals surface area contributed by atoms with Crippen molar-refractivity contribution in [1.82, 2.24) is 4.98 Å². The number of carbonyl (C=O) groups is 1. The molecule has 1 unspecified atom stereocenters. The predicted octanol–water partition coefficient (Wildman–Crippen LogP) is 1.48. The van der Waals surface area contributed by atoms with Crippen LogP contribution in [0.15, 0.2) is 18.2 Å². The van der Waals surface area contributed by atoms with Crippen LogP contribution in [-0.2, 0) is 20.4 Å². The van der Waals surface area contributed by atoms with Crippen molar-refractivity contribution in [1.29, 1.82) is 0 Å². The van der Waals surface area contributed by atoms with Crippen LogP contribution in [0.5, 0.6) is 0 Å². The van der Waals surface area contributed by atoms with E-state index in [4.69, 9.17) is 4.74 Å².